The lowest BCUT2D eigenvalue weighted by atomic mass is 10.0. The second-order valence-electron chi connectivity index (χ2n) is 6.39. The molecule has 0 unspecified atom stereocenters. The summed E-state index contributed by atoms with van der Waals surface area (Å²) in [6.07, 6.45) is 1.80. The van der Waals surface area contributed by atoms with Gasteiger partial charge in [-0.1, -0.05) is 24.3 Å². The lowest BCUT2D eigenvalue weighted by Crippen LogP contribution is -2.35. The third-order valence-corrected chi connectivity index (χ3v) is 4.78. The number of hydrogen-bond acceptors (Lipinski definition) is 4. The number of nitrogens with one attached hydrogen (secondary N) is 1. The highest BCUT2D eigenvalue weighted by atomic mass is 16.5. The molecule has 0 spiro atoms. The molecule has 1 heterocycles. The second-order valence-corrected chi connectivity index (χ2v) is 6.39. The zero-order chi connectivity index (χ0) is 18.7. The van der Waals surface area contributed by atoms with Gasteiger partial charge in [0.1, 0.15) is 0 Å². The molecular weight excluding hydrogens is 328 g/mol. The van der Waals surface area contributed by atoms with Crippen molar-refractivity contribution in [2.24, 2.45) is 0 Å². The van der Waals surface area contributed by atoms with Crippen LogP contribution in [0.2, 0.25) is 0 Å². The maximum Gasteiger partial charge on any atom is 0.181 e. The number of carbonyl (C=O) groups is 1. The molecule has 3 rings (SSSR count). The van der Waals surface area contributed by atoms with E-state index in [1.165, 1.54) is 0 Å². The van der Waals surface area contributed by atoms with Crippen LogP contribution in [0.25, 0.3) is 10.9 Å². The molecule has 0 saturated carbocycles. The van der Waals surface area contributed by atoms with E-state index in [-0.39, 0.29) is 11.8 Å². The Hall–Kier alpha value is -2.79. The number of carbonyl (C=O) groups excluding carboxylic acids is 1. The van der Waals surface area contributed by atoms with Crippen molar-refractivity contribution in [3.05, 3.63) is 59.8 Å². The van der Waals surface area contributed by atoms with Gasteiger partial charge < -0.3 is 14.5 Å². The molecule has 0 aliphatic heterocycles. The number of benzene rings is 2. The number of H-pyrrole nitrogens is 1. The summed E-state index contributed by atoms with van der Waals surface area (Å²) in [7, 11) is 5.19. The number of nitrogens with zero attached hydrogens (tertiary/aromatic N) is 1. The Bertz CT molecular complexity index is 917. The Morgan fingerprint density at radius 1 is 1.12 bits per heavy atom. The minimum atomic E-state index is -0.248. The molecule has 0 bridgehead atoms. The molecule has 1 aromatic heterocycles. The van der Waals surface area contributed by atoms with Crippen LogP contribution >= 0.6 is 0 Å². The van der Waals surface area contributed by atoms with Crippen LogP contribution in [0.15, 0.2) is 48.7 Å². The highest BCUT2D eigenvalue weighted by Gasteiger charge is 2.22. The van der Waals surface area contributed by atoms with Crippen molar-refractivity contribution in [1.82, 2.24) is 9.88 Å². The molecular formula is C21H24N2O3. The van der Waals surface area contributed by atoms with E-state index in [1.807, 2.05) is 61.3 Å². The van der Waals surface area contributed by atoms with E-state index in [1.54, 1.807) is 20.4 Å². The maximum absolute atomic E-state index is 13.0. The van der Waals surface area contributed by atoms with Crippen molar-refractivity contribution in [2.45, 2.75) is 19.5 Å². The summed E-state index contributed by atoms with van der Waals surface area (Å²) in [5.41, 5.74) is 2.77. The van der Waals surface area contributed by atoms with Gasteiger partial charge in [0.2, 0.25) is 0 Å². The average Bonchev–Trinajstić information content (AvgIpc) is 3.10. The molecule has 0 fully saturated rings. The van der Waals surface area contributed by atoms with Gasteiger partial charge in [0.05, 0.1) is 20.3 Å². The van der Waals surface area contributed by atoms with Crippen LogP contribution in [0.1, 0.15) is 22.8 Å². The normalized spacial score (nSPS) is 12.3. The largest absolute Gasteiger partial charge is 0.493 e. The van der Waals surface area contributed by atoms with Crippen molar-refractivity contribution >= 4 is 16.7 Å². The Kier molecular flexibility index (Phi) is 5.28. The molecule has 136 valence electrons. The second kappa shape index (κ2) is 7.62. The first-order valence-electron chi connectivity index (χ1n) is 8.56. The van der Waals surface area contributed by atoms with E-state index in [4.69, 9.17) is 9.47 Å². The van der Waals surface area contributed by atoms with Crippen molar-refractivity contribution in [2.75, 3.05) is 21.3 Å². The summed E-state index contributed by atoms with van der Waals surface area (Å²) in [5.74, 6) is 1.49. The van der Waals surface area contributed by atoms with Gasteiger partial charge in [-0.3, -0.25) is 9.69 Å². The number of ether oxygens (including phenoxy) is 2. The smallest absolute Gasteiger partial charge is 0.181 e. The molecule has 0 radical (unpaired) electrons. The molecule has 1 N–H and O–H groups in total. The third-order valence-electron chi connectivity index (χ3n) is 4.78. The molecule has 0 aliphatic carbocycles. The summed E-state index contributed by atoms with van der Waals surface area (Å²) < 4.78 is 10.6. The number of methoxy groups -OCH3 is 2. The van der Waals surface area contributed by atoms with E-state index < -0.39 is 0 Å². The molecule has 5 heteroatoms. The van der Waals surface area contributed by atoms with Crippen molar-refractivity contribution in [1.29, 1.82) is 0 Å². The van der Waals surface area contributed by atoms with Crippen LogP contribution in [0.4, 0.5) is 0 Å². The number of aromatic nitrogens is 1. The minimum Gasteiger partial charge on any atom is -0.493 e. The minimum absolute atomic E-state index is 0.102. The SMILES string of the molecule is COc1ccc(CN(C)[C@H](C)C(=O)c2c[nH]c3ccccc23)cc1OC. The Morgan fingerprint density at radius 3 is 2.58 bits per heavy atom. The fourth-order valence-corrected chi connectivity index (χ4v) is 3.10. The fraction of sp³-hybridized carbons (Fsp3) is 0.286. The van der Waals surface area contributed by atoms with E-state index in [9.17, 15) is 4.79 Å². The molecule has 0 saturated heterocycles. The lowest BCUT2D eigenvalue weighted by molar-refractivity contribution is 0.0864. The van der Waals surface area contributed by atoms with E-state index >= 15 is 0 Å². The predicted octanol–water partition coefficient (Wildman–Crippen LogP) is 3.89. The molecule has 5 nitrogen and oxygen atoms in total. The van der Waals surface area contributed by atoms with Crippen LogP contribution in [0.5, 0.6) is 11.5 Å². The van der Waals surface area contributed by atoms with Gasteiger partial charge in [0.25, 0.3) is 0 Å². The Balaban J connectivity index is 1.77. The summed E-state index contributed by atoms with van der Waals surface area (Å²) in [4.78, 5) is 18.2. The number of fused-ring (bicyclic) bond motifs is 1. The summed E-state index contributed by atoms with van der Waals surface area (Å²) in [6, 6.07) is 13.4. The van der Waals surface area contributed by atoms with Gasteiger partial charge in [-0.2, -0.15) is 0 Å². The Labute approximate surface area is 153 Å². The topological polar surface area (TPSA) is 54.6 Å². The first-order valence-corrected chi connectivity index (χ1v) is 8.56. The molecule has 0 aliphatic rings. The highest BCUT2D eigenvalue weighted by Crippen LogP contribution is 2.28. The highest BCUT2D eigenvalue weighted by molar-refractivity contribution is 6.10. The number of Topliss-reactive ketones (excluding diaryl/α,β-unsaturated/α-hetero) is 1. The van der Waals surface area contributed by atoms with E-state index in [0.29, 0.717) is 18.0 Å². The predicted molar refractivity (Wildman–Crippen MR) is 103 cm³/mol. The third kappa shape index (κ3) is 3.44. The first kappa shape index (κ1) is 18.0. The number of ketones is 1. The molecule has 1 atom stereocenters. The monoisotopic (exact) mass is 352 g/mol. The number of hydrogen-bond donors (Lipinski definition) is 1. The van der Waals surface area contributed by atoms with Crippen LogP contribution in [-0.2, 0) is 6.54 Å². The Morgan fingerprint density at radius 2 is 1.85 bits per heavy atom. The van der Waals surface area contributed by atoms with Gasteiger partial charge in [-0.25, -0.2) is 0 Å². The van der Waals surface area contributed by atoms with Crippen LogP contribution in [0, 0.1) is 0 Å². The average molecular weight is 352 g/mol. The maximum atomic E-state index is 13.0. The van der Waals surface area contributed by atoms with Crippen LogP contribution < -0.4 is 9.47 Å². The fourth-order valence-electron chi connectivity index (χ4n) is 3.10. The van der Waals surface area contributed by atoms with Crippen LogP contribution in [-0.4, -0.2) is 43.0 Å². The lowest BCUT2D eigenvalue weighted by Gasteiger charge is -2.24. The number of para-hydroxylation sites is 1. The van der Waals surface area contributed by atoms with E-state index in [0.717, 1.165) is 22.0 Å². The summed E-state index contributed by atoms with van der Waals surface area (Å²) in [5, 5.41) is 0.962. The zero-order valence-electron chi connectivity index (χ0n) is 15.6. The van der Waals surface area contributed by atoms with Gasteiger partial charge in [-0.05, 0) is 37.7 Å². The number of aromatic amines is 1. The number of rotatable bonds is 7. The standard InChI is InChI=1S/C21H24N2O3/c1-14(21(24)17-12-22-18-8-6-5-7-16(17)18)23(2)13-15-9-10-19(25-3)20(11-15)26-4/h5-12,14,22H,13H2,1-4H3/t14-/m1/s1. The van der Waals surface area contributed by atoms with Gasteiger partial charge >= 0.3 is 0 Å². The van der Waals surface area contributed by atoms with Gasteiger partial charge in [0, 0.05) is 29.2 Å². The van der Waals surface area contributed by atoms with Gasteiger partial charge in [-0.15, -0.1) is 0 Å². The molecule has 3 aromatic rings. The van der Waals surface area contributed by atoms with Gasteiger partial charge in [0.15, 0.2) is 17.3 Å². The summed E-state index contributed by atoms with van der Waals surface area (Å²) in [6.45, 7) is 2.57. The van der Waals surface area contributed by atoms with Crippen molar-refractivity contribution in [3.63, 3.8) is 0 Å². The molecule has 0 amide bonds. The first-order chi connectivity index (χ1) is 12.5. The summed E-state index contributed by atoms with van der Waals surface area (Å²) >= 11 is 0. The van der Waals surface area contributed by atoms with Crippen molar-refractivity contribution < 1.29 is 14.3 Å². The van der Waals surface area contributed by atoms with Crippen LogP contribution in [0.3, 0.4) is 0 Å². The molecule has 2 aromatic carbocycles. The quantitative estimate of drug-likeness (QED) is 0.656. The van der Waals surface area contributed by atoms with E-state index in [2.05, 4.69) is 4.98 Å². The number of likely N-dealkylation sites (N-methyl/N-ethyl adjacent to an activating group) is 1. The van der Waals surface area contributed by atoms with Crippen molar-refractivity contribution in [3.8, 4) is 11.5 Å². The zero-order valence-corrected chi connectivity index (χ0v) is 15.6. The molecule has 26 heavy (non-hydrogen) atoms.